The Morgan fingerprint density at radius 2 is 1.69 bits per heavy atom. The van der Waals surface area contributed by atoms with E-state index in [0.717, 1.165) is 0 Å². The predicted octanol–water partition coefficient (Wildman–Crippen LogP) is 3.97. The molecule has 0 aliphatic carbocycles. The Hall–Kier alpha value is -2.90. The maximum Gasteiger partial charge on any atom is 0.270 e. The van der Waals surface area contributed by atoms with Gasteiger partial charge in [0.25, 0.3) is 11.8 Å². The van der Waals surface area contributed by atoms with E-state index in [1.54, 1.807) is 42.5 Å². The molecule has 0 bridgehead atoms. The van der Waals surface area contributed by atoms with Crippen molar-refractivity contribution < 1.29 is 19.1 Å². The molecule has 1 aliphatic heterocycles. The third kappa shape index (κ3) is 4.58. The van der Waals surface area contributed by atoms with Gasteiger partial charge in [-0.15, -0.1) is 0 Å². The number of thiocarbonyl (C=S) groups is 1. The van der Waals surface area contributed by atoms with Gasteiger partial charge in [0.1, 0.15) is 5.57 Å². The first-order valence-electron chi connectivity index (χ1n) is 9.01. The number of amides is 2. The fourth-order valence-corrected chi connectivity index (χ4v) is 3.21. The zero-order valence-corrected chi connectivity index (χ0v) is 17.5. The van der Waals surface area contributed by atoms with Crippen LogP contribution in [0.3, 0.4) is 0 Å². The second kappa shape index (κ2) is 9.07. The number of rotatable bonds is 6. The summed E-state index contributed by atoms with van der Waals surface area (Å²) < 4.78 is 11.2. The average Bonchev–Trinajstić information content (AvgIpc) is 2.69. The van der Waals surface area contributed by atoms with Crippen molar-refractivity contribution in [1.29, 1.82) is 0 Å². The second-order valence-corrected chi connectivity index (χ2v) is 6.83. The van der Waals surface area contributed by atoms with Crippen LogP contribution in [0.15, 0.2) is 48.0 Å². The monoisotopic (exact) mass is 430 g/mol. The lowest BCUT2D eigenvalue weighted by molar-refractivity contribution is -0.122. The van der Waals surface area contributed by atoms with E-state index in [0.29, 0.717) is 41.0 Å². The number of ether oxygens (including phenoxy) is 2. The van der Waals surface area contributed by atoms with Crippen molar-refractivity contribution in [3.05, 3.63) is 58.6 Å². The van der Waals surface area contributed by atoms with Crippen LogP contribution in [0.1, 0.15) is 19.4 Å². The molecular formula is C21H19ClN2O4S. The molecule has 0 radical (unpaired) electrons. The van der Waals surface area contributed by atoms with E-state index in [1.165, 1.54) is 11.0 Å². The van der Waals surface area contributed by atoms with Crippen molar-refractivity contribution in [1.82, 2.24) is 5.32 Å². The van der Waals surface area contributed by atoms with E-state index < -0.39 is 11.8 Å². The molecule has 0 spiro atoms. The summed E-state index contributed by atoms with van der Waals surface area (Å²) in [5.74, 6) is 0.0577. The number of carbonyl (C=O) groups excluding carboxylic acids is 2. The topological polar surface area (TPSA) is 67.9 Å². The Morgan fingerprint density at radius 1 is 1.03 bits per heavy atom. The third-order valence-electron chi connectivity index (χ3n) is 4.06. The lowest BCUT2D eigenvalue weighted by atomic mass is 10.1. The number of anilines is 1. The fourth-order valence-electron chi connectivity index (χ4n) is 2.81. The molecule has 0 atom stereocenters. The number of hydrogen-bond donors (Lipinski definition) is 1. The number of hydrogen-bond acceptors (Lipinski definition) is 5. The molecule has 2 aromatic carbocycles. The Morgan fingerprint density at radius 3 is 2.34 bits per heavy atom. The third-order valence-corrected chi connectivity index (χ3v) is 4.60. The number of nitrogens with zero attached hydrogens (tertiary/aromatic N) is 1. The molecule has 150 valence electrons. The lowest BCUT2D eigenvalue weighted by Gasteiger charge is -2.29. The first-order chi connectivity index (χ1) is 13.9. The molecule has 2 aromatic rings. The zero-order chi connectivity index (χ0) is 21.0. The number of nitrogens with one attached hydrogen (secondary N) is 1. The maximum atomic E-state index is 13.0. The minimum Gasteiger partial charge on any atom is -0.490 e. The molecule has 0 aromatic heterocycles. The molecule has 6 nitrogen and oxygen atoms in total. The van der Waals surface area contributed by atoms with Gasteiger partial charge in [0.15, 0.2) is 16.6 Å². The molecule has 0 saturated carbocycles. The van der Waals surface area contributed by atoms with Crippen LogP contribution in [0, 0.1) is 0 Å². The summed E-state index contributed by atoms with van der Waals surface area (Å²) >= 11 is 11.1. The molecule has 0 unspecified atom stereocenters. The van der Waals surface area contributed by atoms with Gasteiger partial charge in [-0.25, -0.2) is 0 Å². The van der Waals surface area contributed by atoms with Gasteiger partial charge in [0.05, 0.1) is 18.9 Å². The summed E-state index contributed by atoms with van der Waals surface area (Å²) in [4.78, 5) is 26.7. The van der Waals surface area contributed by atoms with Crippen LogP contribution in [0.5, 0.6) is 11.5 Å². The molecule has 8 heteroatoms. The largest absolute Gasteiger partial charge is 0.490 e. The van der Waals surface area contributed by atoms with Crippen LogP contribution in [0.4, 0.5) is 5.69 Å². The fraction of sp³-hybridized carbons (Fsp3) is 0.190. The first kappa shape index (κ1) is 20.8. The van der Waals surface area contributed by atoms with Crippen molar-refractivity contribution in [2.24, 2.45) is 0 Å². The van der Waals surface area contributed by atoms with Crippen molar-refractivity contribution in [3.63, 3.8) is 0 Å². The Bertz CT molecular complexity index is 989. The highest BCUT2D eigenvalue weighted by molar-refractivity contribution is 7.80. The molecule has 1 N–H and O–H groups in total. The highest BCUT2D eigenvalue weighted by atomic mass is 35.5. The quantitative estimate of drug-likeness (QED) is 0.426. The molecule has 29 heavy (non-hydrogen) atoms. The molecule has 2 amide bonds. The van der Waals surface area contributed by atoms with E-state index >= 15 is 0 Å². The highest BCUT2D eigenvalue weighted by Gasteiger charge is 2.34. The van der Waals surface area contributed by atoms with Crippen LogP contribution < -0.4 is 19.7 Å². The Balaban J connectivity index is 1.98. The van der Waals surface area contributed by atoms with Crippen molar-refractivity contribution in [2.45, 2.75) is 13.8 Å². The molecule has 1 heterocycles. The molecular weight excluding hydrogens is 412 g/mol. The van der Waals surface area contributed by atoms with Gasteiger partial charge in [-0.2, -0.15) is 0 Å². The average molecular weight is 431 g/mol. The van der Waals surface area contributed by atoms with Crippen LogP contribution in [0.25, 0.3) is 6.08 Å². The van der Waals surface area contributed by atoms with Gasteiger partial charge in [-0.05, 0) is 74.1 Å². The summed E-state index contributed by atoms with van der Waals surface area (Å²) in [7, 11) is 0. The molecule has 1 aliphatic rings. The standard InChI is InChI=1S/C21H19ClN2O4S/c1-3-27-17-10-5-13(12-18(17)28-4-2)11-16-19(25)23-21(29)24(20(16)26)15-8-6-14(22)7-9-15/h5-12H,3-4H2,1-2H3,(H,23,25,29)/b16-11-. The van der Waals surface area contributed by atoms with E-state index in [2.05, 4.69) is 5.32 Å². The van der Waals surface area contributed by atoms with Crippen molar-refractivity contribution in [3.8, 4) is 11.5 Å². The maximum absolute atomic E-state index is 13.0. The SMILES string of the molecule is CCOc1ccc(/C=C2/C(=O)NC(=S)N(c3ccc(Cl)cc3)C2=O)cc1OCC. The summed E-state index contributed by atoms with van der Waals surface area (Å²) in [6.07, 6.45) is 1.50. The van der Waals surface area contributed by atoms with E-state index in [-0.39, 0.29) is 10.7 Å². The van der Waals surface area contributed by atoms with Gasteiger partial charge in [-0.3, -0.25) is 19.8 Å². The van der Waals surface area contributed by atoms with Gasteiger partial charge >= 0.3 is 0 Å². The van der Waals surface area contributed by atoms with Crippen molar-refractivity contribution in [2.75, 3.05) is 18.1 Å². The summed E-state index contributed by atoms with van der Waals surface area (Å²) in [5, 5.41) is 3.10. The molecule has 3 rings (SSSR count). The van der Waals surface area contributed by atoms with E-state index in [1.807, 2.05) is 13.8 Å². The predicted molar refractivity (Wildman–Crippen MR) is 116 cm³/mol. The lowest BCUT2D eigenvalue weighted by Crippen LogP contribution is -2.54. The number of halogens is 1. The second-order valence-electron chi connectivity index (χ2n) is 6.01. The van der Waals surface area contributed by atoms with Crippen LogP contribution in [-0.2, 0) is 9.59 Å². The molecule has 1 fully saturated rings. The summed E-state index contributed by atoms with van der Waals surface area (Å²) in [6.45, 7) is 4.70. The smallest absolute Gasteiger partial charge is 0.270 e. The van der Waals surface area contributed by atoms with Gasteiger partial charge in [-0.1, -0.05) is 17.7 Å². The van der Waals surface area contributed by atoms with E-state index in [9.17, 15) is 9.59 Å². The minimum atomic E-state index is -0.558. The summed E-state index contributed by atoms with van der Waals surface area (Å²) in [5.41, 5.74) is 1.09. The highest BCUT2D eigenvalue weighted by Crippen LogP contribution is 2.30. The van der Waals surface area contributed by atoms with Gasteiger partial charge < -0.3 is 9.47 Å². The minimum absolute atomic E-state index is 0.0150. The number of benzene rings is 2. The zero-order valence-electron chi connectivity index (χ0n) is 15.9. The van der Waals surface area contributed by atoms with Crippen LogP contribution in [-0.4, -0.2) is 30.1 Å². The van der Waals surface area contributed by atoms with Crippen LogP contribution in [0.2, 0.25) is 5.02 Å². The molecule has 1 saturated heterocycles. The van der Waals surface area contributed by atoms with E-state index in [4.69, 9.17) is 33.3 Å². The Labute approximate surface area is 179 Å². The van der Waals surface area contributed by atoms with Gasteiger partial charge in [0.2, 0.25) is 0 Å². The van der Waals surface area contributed by atoms with Gasteiger partial charge in [0, 0.05) is 5.02 Å². The Kier molecular flexibility index (Phi) is 6.51. The number of carbonyl (C=O) groups is 2. The summed E-state index contributed by atoms with van der Waals surface area (Å²) in [6, 6.07) is 11.8. The normalized spacial score (nSPS) is 15.5. The first-order valence-corrected chi connectivity index (χ1v) is 9.79. The van der Waals surface area contributed by atoms with Crippen LogP contribution >= 0.6 is 23.8 Å². The van der Waals surface area contributed by atoms with Crippen molar-refractivity contribution >= 4 is 52.5 Å².